The monoisotopic (exact) mass is 265 g/mol. The molecule has 0 saturated carbocycles. The summed E-state index contributed by atoms with van der Waals surface area (Å²) in [5, 5.41) is 0. The number of rotatable bonds is 5. The van der Waals surface area contributed by atoms with Gasteiger partial charge in [0.2, 0.25) is 0 Å². The van der Waals surface area contributed by atoms with Gasteiger partial charge in [-0.3, -0.25) is 0 Å². The molecular weight excluding hydrogens is 246 g/mol. The lowest BCUT2D eigenvalue weighted by molar-refractivity contribution is -0.135. The average molecular weight is 265 g/mol. The van der Waals surface area contributed by atoms with E-state index in [0.717, 1.165) is 18.6 Å². The molecule has 0 aromatic heterocycles. The zero-order valence-electron chi connectivity index (χ0n) is 10.6. The van der Waals surface area contributed by atoms with Gasteiger partial charge in [0.15, 0.2) is 0 Å². The van der Waals surface area contributed by atoms with Crippen molar-refractivity contribution in [3.63, 3.8) is 0 Å². The molecule has 1 atom stereocenters. The van der Waals surface area contributed by atoms with Crippen molar-refractivity contribution in [2.75, 3.05) is 12.0 Å². The predicted octanol–water partition coefficient (Wildman–Crippen LogP) is 2.16. The largest absolute Gasteiger partial charge is 0.425 e. The van der Waals surface area contributed by atoms with Crippen LogP contribution >= 0.6 is 11.8 Å². The lowest BCUT2D eigenvalue weighted by Gasteiger charge is -2.11. The molecular formula is C14H19NO2S. The van der Waals surface area contributed by atoms with Crippen LogP contribution in [0.5, 0.6) is 5.75 Å². The summed E-state index contributed by atoms with van der Waals surface area (Å²) in [6, 6.07) is 5.37. The smallest absolute Gasteiger partial charge is 0.328 e. The van der Waals surface area contributed by atoms with E-state index in [1.54, 1.807) is 11.8 Å². The molecule has 4 heteroatoms. The van der Waals surface area contributed by atoms with Crippen molar-refractivity contribution in [1.82, 2.24) is 0 Å². The summed E-state index contributed by atoms with van der Waals surface area (Å²) in [5.74, 6) is 1.17. The fraction of sp³-hybridized carbons (Fsp3) is 0.500. The van der Waals surface area contributed by atoms with Crippen LogP contribution in [0.15, 0.2) is 18.2 Å². The van der Waals surface area contributed by atoms with Crippen molar-refractivity contribution in [3.8, 4) is 5.75 Å². The molecule has 1 aliphatic rings. The van der Waals surface area contributed by atoms with Crippen LogP contribution in [0.3, 0.4) is 0 Å². The van der Waals surface area contributed by atoms with E-state index in [9.17, 15) is 4.79 Å². The Bertz CT molecular complexity index is 434. The van der Waals surface area contributed by atoms with Crippen LogP contribution in [0, 0.1) is 0 Å². The molecule has 0 heterocycles. The minimum Gasteiger partial charge on any atom is -0.425 e. The van der Waals surface area contributed by atoms with Gasteiger partial charge in [-0.05, 0) is 61.0 Å². The van der Waals surface area contributed by atoms with Crippen LogP contribution in [-0.4, -0.2) is 24.0 Å². The molecule has 1 aromatic carbocycles. The highest BCUT2D eigenvalue weighted by Gasteiger charge is 2.17. The normalized spacial score (nSPS) is 15.2. The van der Waals surface area contributed by atoms with Crippen molar-refractivity contribution in [3.05, 3.63) is 29.3 Å². The third-order valence-corrected chi connectivity index (χ3v) is 3.87. The van der Waals surface area contributed by atoms with Crippen molar-refractivity contribution in [2.45, 2.75) is 31.7 Å². The molecule has 0 unspecified atom stereocenters. The first kappa shape index (κ1) is 13.4. The summed E-state index contributed by atoms with van der Waals surface area (Å²) in [6.07, 6.45) is 6.07. The lowest BCUT2D eigenvalue weighted by Crippen LogP contribution is -2.34. The van der Waals surface area contributed by atoms with Crippen LogP contribution in [0.25, 0.3) is 0 Å². The number of ether oxygens (including phenoxy) is 1. The van der Waals surface area contributed by atoms with Crippen LogP contribution < -0.4 is 10.5 Å². The molecule has 0 spiro atoms. The quantitative estimate of drug-likeness (QED) is 0.655. The van der Waals surface area contributed by atoms with E-state index in [-0.39, 0.29) is 5.97 Å². The molecule has 18 heavy (non-hydrogen) atoms. The van der Waals surface area contributed by atoms with Gasteiger partial charge in [0.1, 0.15) is 11.8 Å². The van der Waals surface area contributed by atoms with Gasteiger partial charge < -0.3 is 10.5 Å². The molecule has 2 N–H and O–H groups in total. The third kappa shape index (κ3) is 3.27. The first-order chi connectivity index (χ1) is 8.70. The summed E-state index contributed by atoms with van der Waals surface area (Å²) >= 11 is 1.68. The Morgan fingerprint density at radius 3 is 3.00 bits per heavy atom. The summed E-state index contributed by atoms with van der Waals surface area (Å²) < 4.78 is 5.33. The van der Waals surface area contributed by atoms with Crippen LogP contribution in [0.4, 0.5) is 0 Å². The van der Waals surface area contributed by atoms with Crippen molar-refractivity contribution >= 4 is 17.7 Å². The van der Waals surface area contributed by atoms with Gasteiger partial charge in [0.25, 0.3) is 0 Å². The maximum atomic E-state index is 11.8. The van der Waals surface area contributed by atoms with Gasteiger partial charge in [-0.2, -0.15) is 11.8 Å². The zero-order chi connectivity index (χ0) is 13.0. The molecule has 2 rings (SSSR count). The fourth-order valence-electron chi connectivity index (χ4n) is 2.17. The number of carbonyl (C=O) groups is 1. The average Bonchev–Trinajstić information content (AvgIpc) is 2.83. The maximum absolute atomic E-state index is 11.8. The number of aryl methyl sites for hydroxylation is 2. The molecule has 0 amide bonds. The Hall–Kier alpha value is -1.00. The second-order valence-corrected chi connectivity index (χ2v) is 5.58. The van der Waals surface area contributed by atoms with E-state index in [2.05, 4.69) is 6.07 Å². The maximum Gasteiger partial charge on any atom is 0.328 e. The van der Waals surface area contributed by atoms with Crippen LogP contribution in [-0.2, 0) is 17.6 Å². The number of hydrogen-bond donors (Lipinski definition) is 1. The SMILES string of the molecule is CSCC[C@H](N)C(=O)Oc1ccc2c(c1)CCC2. The highest BCUT2D eigenvalue weighted by molar-refractivity contribution is 7.98. The van der Waals surface area contributed by atoms with Gasteiger partial charge in [-0.1, -0.05) is 6.07 Å². The minimum atomic E-state index is -0.522. The number of carbonyl (C=O) groups excluding carboxylic acids is 1. The molecule has 0 bridgehead atoms. The van der Waals surface area contributed by atoms with Gasteiger partial charge in [-0.25, -0.2) is 4.79 Å². The Morgan fingerprint density at radius 2 is 2.22 bits per heavy atom. The van der Waals surface area contributed by atoms with Gasteiger partial charge in [0, 0.05) is 0 Å². The number of fused-ring (bicyclic) bond motifs is 1. The topological polar surface area (TPSA) is 52.3 Å². The van der Waals surface area contributed by atoms with E-state index < -0.39 is 6.04 Å². The van der Waals surface area contributed by atoms with Gasteiger partial charge >= 0.3 is 5.97 Å². The van der Waals surface area contributed by atoms with E-state index in [4.69, 9.17) is 10.5 Å². The Labute approximate surface area is 112 Å². The highest BCUT2D eigenvalue weighted by Crippen LogP contribution is 2.26. The number of hydrogen-bond acceptors (Lipinski definition) is 4. The van der Waals surface area contributed by atoms with Crippen molar-refractivity contribution in [2.24, 2.45) is 5.73 Å². The highest BCUT2D eigenvalue weighted by atomic mass is 32.2. The van der Waals surface area contributed by atoms with E-state index in [1.807, 2.05) is 18.4 Å². The number of esters is 1. The molecule has 0 saturated heterocycles. The number of thioether (sulfide) groups is 1. The zero-order valence-corrected chi connectivity index (χ0v) is 11.5. The Kier molecular flexibility index (Phi) is 4.66. The van der Waals surface area contributed by atoms with Gasteiger partial charge in [0.05, 0.1) is 0 Å². The van der Waals surface area contributed by atoms with E-state index in [0.29, 0.717) is 12.2 Å². The number of nitrogens with two attached hydrogens (primary N) is 1. The molecule has 98 valence electrons. The van der Waals surface area contributed by atoms with Crippen LogP contribution in [0.2, 0.25) is 0 Å². The molecule has 0 radical (unpaired) electrons. The lowest BCUT2D eigenvalue weighted by atomic mass is 10.1. The van der Waals surface area contributed by atoms with E-state index in [1.165, 1.54) is 17.5 Å². The molecule has 1 aromatic rings. The van der Waals surface area contributed by atoms with Crippen LogP contribution in [0.1, 0.15) is 24.0 Å². The first-order valence-electron chi connectivity index (χ1n) is 6.28. The third-order valence-electron chi connectivity index (χ3n) is 3.22. The summed E-state index contributed by atoms with van der Waals surface area (Å²) in [5.41, 5.74) is 8.46. The fourth-order valence-corrected chi connectivity index (χ4v) is 2.66. The summed E-state index contributed by atoms with van der Waals surface area (Å²) in [7, 11) is 0. The summed E-state index contributed by atoms with van der Waals surface area (Å²) in [4.78, 5) is 11.8. The molecule has 1 aliphatic carbocycles. The van der Waals surface area contributed by atoms with E-state index >= 15 is 0 Å². The minimum absolute atomic E-state index is 0.331. The van der Waals surface area contributed by atoms with Crippen molar-refractivity contribution < 1.29 is 9.53 Å². The Balaban J connectivity index is 1.94. The summed E-state index contributed by atoms with van der Waals surface area (Å²) in [6.45, 7) is 0. The second-order valence-electron chi connectivity index (χ2n) is 4.59. The molecule has 0 aliphatic heterocycles. The Morgan fingerprint density at radius 1 is 1.44 bits per heavy atom. The van der Waals surface area contributed by atoms with Gasteiger partial charge in [-0.15, -0.1) is 0 Å². The first-order valence-corrected chi connectivity index (χ1v) is 7.68. The predicted molar refractivity (Wildman–Crippen MR) is 75.1 cm³/mol. The molecule has 0 fully saturated rings. The number of benzene rings is 1. The standard InChI is InChI=1S/C14H19NO2S/c1-18-8-7-13(15)14(16)17-12-6-5-10-3-2-4-11(10)9-12/h5-6,9,13H,2-4,7-8,15H2,1H3/t13-/m0/s1. The molecule has 3 nitrogen and oxygen atoms in total. The second kappa shape index (κ2) is 6.25. The van der Waals surface area contributed by atoms with Crippen molar-refractivity contribution in [1.29, 1.82) is 0 Å².